The first kappa shape index (κ1) is 9.85. The van der Waals surface area contributed by atoms with Crippen LogP contribution >= 0.6 is 0 Å². The van der Waals surface area contributed by atoms with Crippen LogP contribution in [0.2, 0.25) is 0 Å². The van der Waals surface area contributed by atoms with Crippen molar-refractivity contribution in [2.75, 3.05) is 6.61 Å². The van der Waals surface area contributed by atoms with Crippen LogP contribution in [0.3, 0.4) is 0 Å². The van der Waals surface area contributed by atoms with Crippen LogP contribution in [-0.4, -0.2) is 62.1 Å². The molecule has 1 aliphatic carbocycles. The normalized spacial score (nSPS) is 54.5. The van der Waals surface area contributed by atoms with Crippen LogP contribution < -0.4 is 5.73 Å². The summed E-state index contributed by atoms with van der Waals surface area (Å²) in [5, 5.41) is 45.5. The van der Waals surface area contributed by atoms with Crippen LogP contribution in [0.4, 0.5) is 0 Å². The molecule has 6 heteroatoms. The quantitative estimate of drug-likeness (QED) is 0.244. The van der Waals surface area contributed by atoms with Gasteiger partial charge in [0.25, 0.3) is 0 Å². The molecule has 5 atom stereocenters. The van der Waals surface area contributed by atoms with E-state index in [1.54, 1.807) is 0 Å². The third kappa shape index (κ3) is 1.05. The maximum atomic E-state index is 9.39. The van der Waals surface area contributed by atoms with Gasteiger partial charge in [0.1, 0.15) is 23.9 Å². The molecule has 1 fully saturated rings. The predicted octanol–water partition coefficient (Wildman–Crippen LogP) is -3.87. The summed E-state index contributed by atoms with van der Waals surface area (Å²) in [6, 6.07) is -1.14. The fourth-order valence-electron chi connectivity index (χ4n) is 1.39. The zero-order valence-corrected chi connectivity index (χ0v) is 6.33. The molecule has 0 spiro atoms. The third-order valence-corrected chi connectivity index (χ3v) is 2.36. The lowest BCUT2D eigenvalue weighted by atomic mass is 9.98. The second kappa shape index (κ2) is 2.91. The largest absolute Gasteiger partial charge is 0.393 e. The van der Waals surface area contributed by atoms with Crippen LogP contribution in [0.15, 0.2) is 0 Å². The van der Waals surface area contributed by atoms with Gasteiger partial charge in [0, 0.05) is 0 Å². The van der Waals surface area contributed by atoms with Crippen molar-refractivity contribution in [2.24, 2.45) is 5.73 Å². The Hall–Kier alpha value is -0.240. The number of nitrogens with two attached hydrogens (primary N) is 1. The number of aliphatic hydroxyl groups excluding tert-OH is 4. The summed E-state index contributed by atoms with van der Waals surface area (Å²) in [6.07, 6.45) is -4.56. The second-order valence-electron chi connectivity index (χ2n) is 3.11. The van der Waals surface area contributed by atoms with Gasteiger partial charge in [-0.3, -0.25) is 0 Å². The fourth-order valence-corrected chi connectivity index (χ4v) is 1.39. The summed E-state index contributed by atoms with van der Waals surface area (Å²) in [6.45, 7) is -0.847. The summed E-state index contributed by atoms with van der Waals surface area (Å²) in [7, 11) is 0. The van der Waals surface area contributed by atoms with Gasteiger partial charge in [-0.25, -0.2) is 0 Å². The van der Waals surface area contributed by atoms with Crippen LogP contribution in [0.1, 0.15) is 0 Å². The van der Waals surface area contributed by atoms with Crippen molar-refractivity contribution in [1.82, 2.24) is 0 Å². The van der Waals surface area contributed by atoms with Crippen LogP contribution in [-0.2, 0) is 0 Å². The number of hydrogen-bond acceptors (Lipinski definition) is 6. The van der Waals surface area contributed by atoms with Crippen molar-refractivity contribution in [2.45, 2.75) is 30.0 Å². The van der Waals surface area contributed by atoms with Gasteiger partial charge in [0.2, 0.25) is 0 Å². The Kier molecular flexibility index (Phi) is 2.39. The van der Waals surface area contributed by atoms with Crippen LogP contribution in [0.5, 0.6) is 0 Å². The van der Waals surface area contributed by atoms with Gasteiger partial charge in [0.15, 0.2) is 0 Å². The number of rotatable bonds is 1. The van der Waals surface area contributed by atoms with E-state index in [-0.39, 0.29) is 0 Å². The Morgan fingerprint density at radius 2 is 1.67 bits per heavy atom. The molecular formula is C6H13NO5. The Bertz CT molecular complexity index is 161. The average Bonchev–Trinajstić information content (AvgIpc) is 2.22. The zero-order valence-electron chi connectivity index (χ0n) is 6.33. The van der Waals surface area contributed by atoms with Crippen molar-refractivity contribution in [3.8, 4) is 0 Å². The van der Waals surface area contributed by atoms with Crippen LogP contribution in [0.25, 0.3) is 0 Å². The van der Waals surface area contributed by atoms with Gasteiger partial charge in [-0.15, -0.1) is 0 Å². The predicted molar refractivity (Wildman–Crippen MR) is 38.0 cm³/mol. The average molecular weight is 179 g/mol. The fraction of sp³-hybridized carbons (Fsp3) is 1.00. The first-order valence-corrected chi connectivity index (χ1v) is 3.58. The Morgan fingerprint density at radius 1 is 1.17 bits per heavy atom. The Labute approximate surface area is 68.9 Å². The van der Waals surface area contributed by atoms with Gasteiger partial charge < -0.3 is 31.3 Å². The van der Waals surface area contributed by atoms with E-state index in [0.29, 0.717) is 0 Å². The molecule has 0 saturated heterocycles. The van der Waals surface area contributed by atoms with E-state index in [4.69, 9.17) is 21.1 Å². The second-order valence-corrected chi connectivity index (χ2v) is 3.11. The molecule has 0 aromatic rings. The smallest absolute Gasteiger partial charge is 0.143 e. The van der Waals surface area contributed by atoms with E-state index >= 15 is 0 Å². The topological polar surface area (TPSA) is 127 Å². The van der Waals surface area contributed by atoms with Crippen molar-refractivity contribution in [1.29, 1.82) is 0 Å². The summed E-state index contributed by atoms with van der Waals surface area (Å²) < 4.78 is 0. The molecule has 72 valence electrons. The highest BCUT2D eigenvalue weighted by Crippen LogP contribution is 2.29. The lowest BCUT2D eigenvalue weighted by Gasteiger charge is -2.27. The van der Waals surface area contributed by atoms with Gasteiger partial charge in [0.05, 0.1) is 12.6 Å². The van der Waals surface area contributed by atoms with Crippen molar-refractivity contribution in [3.05, 3.63) is 0 Å². The molecule has 0 amide bonds. The van der Waals surface area contributed by atoms with E-state index in [2.05, 4.69) is 0 Å². The highest BCUT2D eigenvalue weighted by atomic mass is 16.4. The van der Waals surface area contributed by atoms with E-state index in [9.17, 15) is 10.2 Å². The highest BCUT2D eigenvalue weighted by molar-refractivity contribution is 5.10. The van der Waals surface area contributed by atoms with E-state index < -0.39 is 36.6 Å². The van der Waals surface area contributed by atoms with Gasteiger partial charge in [-0.1, -0.05) is 0 Å². The van der Waals surface area contributed by atoms with Gasteiger partial charge in [-0.2, -0.15) is 0 Å². The molecule has 0 bridgehead atoms. The maximum absolute atomic E-state index is 9.39. The molecule has 1 saturated carbocycles. The third-order valence-electron chi connectivity index (χ3n) is 2.36. The molecule has 0 aromatic heterocycles. The molecule has 1 rings (SSSR count). The monoisotopic (exact) mass is 179 g/mol. The maximum Gasteiger partial charge on any atom is 0.143 e. The lowest BCUT2D eigenvalue weighted by Crippen LogP contribution is -2.52. The molecule has 12 heavy (non-hydrogen) atoms. The number of aliphatic hydroxyl groups is 5. The first-order valence-electron chi connectivity index (χ1n) is 3.58. The summed E-state index contributed by atoms with van der Waals surface area (Å²) in [5.74, 6) is 0. The van der Waals surface area contributed by atoms with Crippen LogP contribution in [0, 0.1) is 0 Å². The van der Waals surface area contributed by atoms with Crippen molar-refractivity contribution < 1.29 is 25.5 Å². The minimum Gasteiger partial charge on any atom is -0.393 e. The molecule has 0 aliphatic heterocycles. The molecule has 0 unspecified atom stereocenters. The van der Waals surface area contributed by atoms with Crippen molar-refractivity contribution >= 4 is 0 Å². The zero-order chi connectivity index (χ0) is 9.52. The molecule has 0 aromatic carbocycles. The number of hydrogen-bond donors (Lipinski definition) is 6. The van der Waals surface area contributed by atoms with Crippen molar-refractivity contribution in [3.63, 3.8) is 0 Å². The summed E-state index contributed by atoms with van der Waals surface area (Å²) in [5.41, 5.74) is 3.12. The molecular weight excluding hydrogens is 166 g/mol. The van der Waals surface area contributed by atoms with E-state index in [0.717, 1.165) is 0 Å². The minimum atomic E-state index is -2.11. The summed E-state index contributed by atoms with van der Waals surface area (Å²) in [4.78, 5) is 0. The Balaban J connectivity index is 2.90. The molecule has 7 N–H and O–H groups in total. The van der Waals surface area contributed by atoms with E-state index in [1.807, 2.05) is 0 Å². The molecule has 1 aliphatic rings. The van der Waals surface area contributed by atoms with Gasteiger partial charge in [-0.05, 0) is 0 Å². The highest BCUT2D eigenvalue weighted by Gasteiger charge is 2.57. The first-order chi connectivity index (χ1) is 5.45. The standard InChI is InChI=1S/C6H13NO5/c7-2-3(9)5(11)6(12,1-8)4(2)10/h2-5,8-12H,1,7H2/t2-,3-,4-,5-,6+/m1/s1. The molecule has 0 radical (unpaired) electrons. The molecule has 0 heterocycles. The molecule has 6 nitrogen and oxygen atoms in total. The summed E-state index contributed by atoms with van der Waals surface area (Å²) >= 11 is 0. The van der Waals surface area contributed by atoms with Gasteiger partial charge >= 0.3 is 0 Å². The lowest BCUT2D eigenvalue weighted by molar-refractivity contribution is -0.148. The SMILES string of the molecule is N[C@@H]1[C@@H](O)[C@@H](O)[C@](O)(CO)[C@@H]1O. The minimum absolute atomic E-state index is 0.847. The Morgan fingerprint density at radius 3 is 1.83 bits per heavy atom. The van der Waals surface area contributed by atoms with E-state index in [1.165, 1.54) is 0 Å².